The first-order chi connectivity index (χ1) is 8.18. The van der Waals surface area contributed by atoms with Gasteiger partial charge in [0.15, 0.2) is 11.6 Å². The molecule has 0 heterocycles. The van der Waals surface area contributed by atoms with Crippen LogP contribution in [0.5, 0.6) is 0 Å². The largest absolute Gasteiger partial charge is 0.240 e. The molecule has 0 saturated carbocycles. The highest BCUT2D eigenvalue weighted by atomic mass is 35.5. The molecule has 0 aromatic heterocycles. The molecule has 1 N–H and O–H groups in total. The lowest BCUT2D eigenvalue weighted by atomic mass is 9.97. The number of alkyl halides is 1. The van der Waals surface area contributed by atoms with Crippen LogP contribution >= 0.6 is 11.6 Å². The van der Waals surface area contributed by atoms with Crippen molar-refractivity contribution < 1.29 is 17.2 Å². The third-order valence-corrected chi connectivity index (χ3v) is 4.43. The van der Waals surface area contributed by atoms with Crippen LogP contribution in [-0.4, -0.2) is 20.8 Å². The summed E-state index contributed by atoms with van der Waals surface area (Å²) in [6, 6.07) is 2.43. The molecule has 0 radical (unpaired) electrons. The minimum Gasteiger partial charge on any atom is -0.211 e. The lowest BCUT2D eigenvalue weighted by Crippen LogP contribution is -2.35. The highest BCUT2D eigenvalue weighted by Crippen LogP contribution is 2.18. The lowest BCUT2D eigenvalue weighted by Gasteiger charge is -2.21. The predicted molar refractivity (Wildman–Crippen MR) is 66.0 cm³/mol. The van der Waals surface area contributed by atoms with Crippen molar-refractivity contribution >= 4 is 21.6 Å². The van der Waals surface area contributed by atoms with Crippen LogP contribution in [0.3, 0.4) is 0 Å². The topological polar surface area (TPSA) is 46.2 Å². The Morgan fingerprint density at radius 2 is 1.89 bits per heavy atom. The molecular weight excluding hydrogens is 284 g/mol. The van der Waals surface area contributed by atoms with Crippen molar-refractivity contribution in [2.45, 2.75) is 18.7 Å². The van der Waals surface area contributed by atoms with Crippen molar-refractivity contribution in [3.8, 4) is 0 Å². The molecule has 3 nitrogen and oxygen atoms in total. The van der Waals surface area contributed by atoms with Gasteiger partial charge in [-0.2, -0.15) is 0 Å². The molecule has 0 atom stereocenters. The Kier molecular flexibility index (Phi) is 4.69. The van der Waals surface area contributed by atoms with Gasteiger partial charge >= 0.3 is 0 Å². The van der Waals surface area contributed by atoms with E-state index in [1.54, 1.807) is 13.8 Å². The highest BCUT2D eigenvalue weighted by Gasteiger charge is 2.22. The number of halogens is 3. The molecule has 1 aromatic carbocycles. The van der Waals surface area contributed by atoms with Gasteiger partial charge < -0.3 is 0 Å². The van der Waals surface area contributed by atoms with Gasteiger partial charge in [-0.1, -0.05) is 13.8 Å². The van der Waals surface area contributed by atoms with E-state index < -0.39 is 27.1 Å². The number of benzene rings is 1. The van der Waals surface area contributed by atoms with E-state index in [1.165, 1.54) is 0 Å². The summed E-state index contributed by atoms with van der Waals surface area (Å²) in [5, 5.41) is 0. The fourth-order valence-electron chi connectivity index (χ4n) is 1.06. The van der Waals surface area contributed by atoms with Gasteiger partial charge in [0.1, 0.15) is 0 Å². The van der Waals surface area contributed by atoms with Crippen molar-refractivity contribution in [2.75, 3.05) is 12.4 Å². The first-order valence-corrected chi connectivity index (χ1v) is 7.20. The zero-order valence-electron chi connectivity index (χ0n) is 10.0. The third kappa shape index (κ3) is 3.90. The van der Waals surface area contributed by atoms with Gasteiger partial charge in [0.25, 0.3) is 0 Å². The fourth-order valence-corrected chi connectivity index (χ4v) is 2.41. The second kappa shape index (κ2) is 5.50. The molecule has 0 unspecified atom stereocenters. The summed E-state index contributed by atoms with van der Waals surface area (Å²) in [6.45, 7) is 3.68. The zero-order chi connectivity index (χ0) is 14.0. The maximum absolute atomic E-state index is 13.0. The van der Waals surface area contributed by atoms with Crippen LogP contribution in [0.2, 0.25) is 0 Å². The van der Waals surface area contributed by atoms with Crippen LogP contribution in [0.15, 0.2) is 23.1 Å². The Morgan fingerprint density at radius 3 is 2.39 bits per heavy atom. The van der Waals surface area contributed by atoms with Crippen molar-refractivity contribution in [1.29, 1.82) is 0 Å². The summed E-state index contributed by atoms with van der Waals surface area (Å²) >= 11 is 5.67. The van der Waals surface area contributed by atoms with Crippen molar-refractivity contribution in [3.05, 3.63) is 29.8 Å². The lowest BCUT2D eigenvalue weighted by molar-refractivity contribution is 0.414. The van der Waals surface area contributed by atoms with E-state index in [4.69, 9.17) is 11.6 Å². The molecule has 0 saturated heterocycles. The second-order valence-corrected chi connectivity index (χ2v) is 6.73. The van der Waals surface area contributed by atoms with E-state index in [1.807, 2.05) is 0 Å². The van der Waals surface area contributed by atoms with Gasteiger partial charge in [-0.05, 0) is 23.6 Å². The summed E-state index contributed by atoms with van der Waals surface area (Å²) in [5.74, 6) is -2.02. The van der Waals surface area contributed by atoms with Gasteiger partial charge in [-0.25, -0.2) is 21.9 Å². The predicted octanol–water partition coefficient (Wildman–Crippen LogP) is 2.51. The minimum absolute atomic E-state index is 0.109. The Bertz CT molecular complexity index is 532. The summed E-state index contributed by atoms with van der Waals surface area (Å²) in [6.07, 6.45) is 0. The maximum Gasteiger partial charge on any atom is 0.240 e. The van der Waals surface area contributed by atoms with Crippen LogP contribution < -0.4 is 4.72 Å². The first kappa shape index (κ1) is 15.3. The molecule has 18 heavy (non-hydrogen) atoms. The molecule has 0 aliphatic heterocycles. The average molecular weight is 298 g/mol. The smallest absolute Gasteiger partial charge is 0.211 e. The normalized spacial score (nSPS) is 12.7. The van der Waals surface area contributed by atoms with Crippen molar-refractivity contribution in [2.24, 2.45) is 5.41 Å². The van der Waals surface area contributed by atoms with Crippen LogP contribution in [-0.2, 0) is 10.0 Å². The third-order valence-electron chi connectivity index (χ3n) is 2.30. The van der Waals surface area contributed by atoms with Gasteiger partial charge in [-0.3, -0.25) is 0 Å². The zero-order valence-corrected chi connectivity index (χ0v) is 11.6. The van der Waals surface area contributed by atoms with Gasteiger partial charge in [-0.15, -0.1) is 11.6 Å². The van der Waals surface area contributed by atoms with Gasteiger partial charge in [0.2, 0.25) is 10.0 Å². The van der Waals surface area contributed by atoms with Crippen LogP contribution in [0.25, 0.3) is 0 Å². The number of rotatable bonds is 5. The SMILES string of the molecule is CC(C)(CCl)CNS(=O)(=O)c1ccc(F)c(F)c1. The summed E-state index contributed by atoms with van der Waals surface area (Å²) in [5.41, 5.74) is -0.423. The molecule has 102 valence electrons. The Hall–Kier alpha value is -0.720. The number of hydrogen-bond donors (Lipinski definition) is 1. The Labute approximate surface area is 110 Å². The molecule has 0 amide bonds. The maximum atomic E-state index is 13.0. The number of hydrogen-bond acceptors (Lipinski definition) is 2. The molecule has 0 bridgehead atoms. The molecular formula is C11H14ClF2NO2S. The van der Waals surface area contributed by atoms with E-state index >= 15 is 0 Å². The summed E-state index contributed by atoms with van der Waals surface area (Å²) in [4.78, 5) is -0.313. The fraction of sp³-hybridized carbons (Fsp3) is 0.455. The number of nitrogens with one attached hydrogen (secondary N) is 1. The molecule has 1 rings (SSSR count). The molecule has 7 heteroatoms. The van der Waals surface area contributed by atoms with E-state index in [9.17, 15) is 17.2 Å². The van der Waals surface area contributed by atoms with Crippen molar-refractivity contribution in [3.63, 3.8) is 0 Å². The minimum atomic E-state index is -3.86. The standard InChI is InChI=1S/C11H14ClF2NO2S/c1-11(2,6-12)7-15-18(16,17)8-3-4-9(13)10(14)5-8/h3-5,15H,6-7H2,1-2H3. The molecule has 0 aliphatic carbocycles. The summed E-state index contributed by atoms with van der Waals surface area (Å²) in [7, 11) is -3.86. The monoisotopic (exact) mass is 297 g/mol. The molecule has 1 aromatic rings. The van der Waals surface area contributed by atoms with Crippen LogP contribution in [0.4, 0.5) is 8.78 Å². The quantitative estimate of drug-likeness (QED) is 0.849. The van der Waals surface area contributed by atoms with E-state index in [-0.39, 0.29) is 17.3 Å². The van der Waals surface area contributed by atoms with E-state index in [0.717, 1.165) is 12.1 Å². The molecule has 0 spiro atoms. The summed E-state index contributed by atoms with van der Waals surface area (Å²) < 4.78 is 51.6. The molecule has 0 aliphatic rings. The van der Waals surface area contributed by atoms with Crippen LogP contribution in [0.1, 0.15) is 13.8 Å². The highest BCUT2D eigenvalue weighted by molar-refractivity contribution is 7.89. The Balaban J connectivity index is 2.90. The van der Waals surface area contributed by atoms with Gasteiger partial charge in [0, 0.05) is 12.4 Å². The van der Waals surface area contributed by atoms with E-state index in [2.05, 4.69) is 4.72 Å². The second-order valence-electron chi connectivity index (χ2n) is 4.70. The van der Waals surface area contributed by atoms with Crippen molar-refractivity contribution in [1.82, 2.24) is 4.72 Å². The molecule has 0 fully saturated rings. The number of sulfonamides is 1. The van der Waals surface area contributed by atoms with Crippen LogP contribution in [0, 0.1) is 17.0 Å². The Morgan fingerprint density at radius 1 is 1.28 bits per heavy atom. The van der Waals surface area contributed by atoms with Gasteiger partial charge in [0.05, 0.1) is 4.90 Å². The average Bonchev–Trinajstić information content (AvgIpc) is 2.30. The first-order valence-electron chi connectivity index (χ1n) is 5.19. The van der Waals surface area contributed by atoms with E-state index in [0.29, 0.717) is 6.07 Å².